The van der Waals surface area contributed by atoms with E-state index in [-0.39, 0.29) is 10.8 Å². The SMILES string of the molecule is CC(C)(C)c1cc2c(c(B3OC(C)(C)C(C)(C)O3)c1)Cc1cc(C(C)(C)C)cc(B3OC(C)(C)C(C)(C)O3)c1C2. The van der Waals surface area contributed by atoms with Crippen LogP contribution in [0.5, 0.6) is 0 Å². The molecule has 0 unspecified atom stereocenters. The van der Waals surface area contributed by atoms with Crippen molar-refractivity contribution in [2.75, 3.05) is 0 Å². The summed E-state index contributed by atoms with van der Waals surface area (Å²) in [6.07, 6.45) is 1.68. The highest BCUT2D eigenvalue weighted by Crippen LogP contribution is 2.41. The van der Waals surface area contributed by atoms with Crippen LogP contribution >= 0.6 is 0 Å². The monoisotopic (exact) mass is 544 g/mol. The van der Waals surface area contributed by atoms with E-state index < -0.39 is 36.6 Å². The predicted molar refractivity (Wildman–Crippen MR) is 167 cm³/mol. The molecule has 3 aliphatic rings. The maximum absolute atomic E-state index is 6.64. The lowest BCUT2D eigenvalue weighted by atomic mass is 9.64. The van der Waals surface area contributed by atoms with Crippen LogP contribution < -0.4 is 10.9 Å². The minimum absolute atomic E-state index is 0.00164. The summed E-state index contributed by atoms with van der Waals surface area (Å²) in [6.45, 7) is 30.8. The first-order valence-electron chi connectivity index (χ1n) is 15.1. The van der Waals surface area contributed by atoms with E-state index in [0.29, 0.717) is 0 Å². The minimum Gasteiger partial charge on any atom is -0.399 e. The van der Waals surface area contributed by atoms with Gasteiger partial charge in [-0.25, -0.2) is 0 Å². The van der Waals surface area contributed by atoms with E-state index in [4.69, 9.17) is 18.6 Å². The minimum atomic E-state index is -0.393. The second kappa shape index (κ2) is 8.96. The van der Waals surface area contributed by atoms with Gasteiger partial charge in [0.15, 0.2) is 0 Å². The van der Waals surface area contributed by atoms with Crippen LogP contribution in [0.15, 0.2) is 24.3 Å². The lowest BCUT2D eigenvalue weighted by molar-refractivity contribution is 0.00578. The van der Waals surface area contributed by atoms with Crippen molar-refractivity contribution in [3.63, 3.8) is 0 Å². The van der Waals surface area contributed by atoms with Crippen molar-refractivity contribution in [1.82, 2.24) is 0 Å². The van der Waals surface area contributed by atoms with E-state index in [1.165, 1.54) is 44.3 Å². The van der Waals surface area contributed by atoms with Crippen molar-refractivity contribution in [2.45, 2.75) is 143 Å². The third-order valence-corrected chi connectivity index (χ3v) is 10.2. The summed E-state index contributed by atoms with van der Waals surface area (Å²) in [4.78, 5) is 0. The first-order valence-corrected chi connectivity index (χ1v) is 15.1. The summed E-state index contributed by atoms with van der Waals surface area (Å²) in [5, 5.41) is 0. The highest BCUT2D eigenvalue weighted by Gasteiger charge is 2.54. The second-order valence-electron chi connectivity index (χ2n) is 16.4. The largest absolute Gasteiger partial charge is 0.495 e. The lowest BCUT2D eigenvalue weighted by Crippen LogP contribution is -2.42. The van der Waals surface area contributed by atoms with Gasteiger partial charge < -0.3 is 18.6 Å². The summed E-state index contributed by atoms with van der Waals surface area (Å²) in [5.74, 6) is 0. The molecular weight excluding hydrogens is 494 g/mol. The van der Waals surface area contributed by atoms with E-state index in [1.54, 1.807) is 0 Å². The van der Waals surface area contributed by atoms with Crippen LogP contribution in [0.1, 0.15) is 130 Å². The third-order valence-electron chi connectivity index (χ3n) is 10.2. The van der Waals surface area contributed by atoms with E-state index in [2.05, 4.69) is 121 Å². The van der Waals surface area contributed by atoms with Gasteiger partial charge in [0.1, 0.15) is 0 Å². The number of benzene rings is 2. The molecule has 0 radical (unpaired) electrons. The standard InChI is InChI=1S/C34H50B2O4/c1-29(2,3)23-15-21-17-26-22(18-25(21)27(19-23)35-37-31(7,8)32(9,10)38-35)16-24(30(4,5)6)20-28(26)36-39-33(11,12)34(13,14)40-36/h15-16,19-20H,17-18H2,1-14H3. The normalized spacial score (nSPS) is 22.9. The second-order valence-corrected chi connectivity index (χ2v) is 16.4. The Morgan fingerprint density at radius 2 is 0.775 bits per heavy atom. The Hall–Kier alpha value is -1.59. The average molecular weight is 544 g/mol. The Bertz CT molecular complexity index is 1210. The molecular formula is C34H50B2O4. The maximum Gasteiger partial charge on any atom is 0.495 e. The zero-order valence-electron chi connectivity index (χ0n) is 27.5. The van der Waals surface area contributed by atoms with Gasteiger partial charge in [0.05, 0.1) is 22.4 Å². The van der Waals surface area contributed by atoms with Crippen molar-refractivity contribution >= 4 is 25.2 Å². The topological polar surface area (TPSA) is 36.9 Å². The maximum atomic E-state index is 6.64. The summed E-state index contributed by atoms with van der Waals surface area (Å²) in [6, 6.07) is 9.51. The fourth-order valence-corrected chi connectivity index (χ4v) is 5.87. The molecule has 2 aromatic rings. The molecule has 0 saturated carbocycles. The van der Waals surface area contributed by atoms with Crippen LogP contribution in [0.2, 0.25) is 0 Å². The van der Waals surface area contributed by atoms with Gasteiger partial charge in [0, 0.05) is 0 Å². The van der Waals surface area contributed by atoms with E-state index in [0.717, 1.165) is 12.8 Å². The van der Waals surface area contributed by atoms with E-state index >= 15 is 0 Å². The predicted octanol–water partition coefficient (Wildman–Crippen LogP) is 6.38. The van der Waals surface area contributed by atoms with Crippen LogP contribution in [0.4, 0.5) is 0 Å². The molecule has 4 nitrogen and oxygen atoms in total. The van der Waals surface area contributed by atoms with Crippen LogP contribution in [0.3, 0.4) is 0 Å². The Balaban J connectivity index is 1.67. The summed E-state index contributed by atoms with van der Waals surface area (Å²) >= 11 is 0. The van der Waals surface area contributed by atoms with Crippen LogP contribution in [0.25, 0.3) is 0 Å². The molecule has 0 amide bonds. The molecule has 2 aliphatic heterocycles. The van der Waals surface area contributed by atoms with Crippen LogP contribution in [0, 0.1) is 0 Å². The van der Waals surface area contributed by atoms with Crippen molar-refractivity contribution in [2.24, 2.45) is 0 Å². The Morgan fingerprint density at radius 1 is 0.500 bits per heavy atom. The van der Waals surface area contributed by atoms with Gasteiger partial charge >= 0.3 is 14.2 Å². The van der Waals surface area contributed by atoms with Crippen LogP contribution in [-0.4, -0.2) is 36.6 Å². The molecule has 5 rings (SSSR count). The van der Waals surface area contributed by atoms with Gasteiger partial charge in [-0.2, -0.15) is 0 Å². The zero-order chi connectivity index (χ0) is 29.8. The van der Waals surface area contributed by atoms with Crippen molar-refractivity contribution in [3.05, 3.63) is 57.6 Å². The summed E-state index contributed by atoms with van der Waals surface area (Å²) in [5.41, 5.74) is 8.77. The van der Waals surface area contributed by atoms with Gasteiger partial charge in [-0.1, -0.05) is 65.8 Å². The molecule has 2 saturated heterocycles. The molecule has 1 aliphatic carbocycles. The summed E-state index contributed by atoms with van der Waals surface area (Å²) < 4.78 is 26.6. The number of rotatable bonds is 2. The van der Waals surface area contributed by atoms with Crippen molar-refractivity contribution in [1.29, 1.82) is 0 Å². The molecule has 2 aromatic carbocycles. The fourth-order valence-electron chi connectivity index (χ4n) is 5.87. The number of fused-ring (bicyclic) bond motifs is 2. The molecule has 2 fully saturated rings. The van der Waals surface area contributed by atoms with E-state index in [9.17, 15) is 0 Å². The van der Waals surface area contributed by atoms with E-state index in [1.807, 2.05) is 0 Å². The smallest absolute Gasteiger partial charge is 0.399 e. The average Bonchev–Trinajstić information content (AvgIpc) is 3.14. The third kappa shape index (κ3) is 4.91. The van der Waals surface area contributed by atoms with Gasteiger partial charge in [-0.15, -0.1) is 0 Å². The number of hydrogen-bond acceptors (Lipinski definition) is 4. The van der Waals surface area contributed by atoms with Gasteiger partial charge in [0.25, 0.3) is 0 Å². The molecule has 0 spiro atoms. The molecule has 40 heavy (non-hydrogen) atoms. The quantitative estimate of drug-likeness (QED) is 0.351. The Labute approximate surface area is 244 Å². The van der Waals surface area contributed by atoms with Gasteiger partial charge in [-0.05, 0) is 123 Å². The lowest BCUT2D eigenvalue weighted by Gasteiger charge is -2.32. The molecule has 0 aromatic heterocycles. The molecule has 216 valence electrons. The molecule has 2 heterocycles. The molecule has 6 heteroatoms. The fraction of sp³-hybridized carbons (Fsp3) is 0.647. The van der Waals surface area contributed by atoms with Gasteiger partial charge in [0.2, 0.25) is 0 Å². The van der Waals surface area contributed by atoms with Crippen molar-refractivity contribution in [3.8, 4) is 0 Å². The highest BCUT2D eigenvalue weighted by molar-refractivity contribution is 6.63. The first kappa shape index (κ1) is 29.9. The van der Waals surface area contributed by atoms with Crippen LogP contribution in [-0.2, 0) is 42.3 Å². The molecule has 0 bridgehead atoms. The zero-order valence-corrected chi connectivity index (χ0v) is 27.5. The molecule has 0 atom stereocenters. The van der Waals surface area contributed by atoms with Crippen molar-refractivity contribution < 1.29 is 18.6 Å². The van der Waals surface area contributed by atoms with Gasteiger partial charge in [-0.3, -0.25) is 0 Å². The summed E-state index contributed by atoms with van der Waals surface area (Å²) in [7, 11) is -0.785. The first-order chi connectivity index (χ1) is 18.0. The Morgan fingerprint density at radius 3 is 1.02 bits per heavy atom. The number of hydrogen-bond donors (Lipinski definition) is 0. The Kier molecular flexibility index (Phi) is 6.69. The highest BCUT2D eigenvalue weighted by atomic mass is 16.7. The molecule has 0 N–H and O–H groups in total.